The number of guanidine groups is 1. The molecule has 0 aliphatic carbocycles. The summed E-state index contributed by atoms with van der Waals surface area (Å²) in [5.74, 6) is 0.539. The SMILES string of the molecule is CN=C(NCCc1ccco1)NC1CCN(c2ccc(F)cc2F)C1. The number of hydrogen-bond acceptors (Lipinski definition) is 3. The third-order valence-corrected chi connectivity index (χ3v) is 4.25. The van der Waals surface area contributed by atoms with Gasteiger partial charge >= 0.3 is 0 Å². The minimum Gasteiger partial charge on any atom is -0.469 e. The molecule has 0 saturated carbocycles. The van der Waals surface area contributed by atoms with Gasteiger partial charge in [0.2, 0.25) is 0 Å². The van der Waals surface area contributed by atoms with E-state index in [-0.39, 0.29) is 6.04 Å². The molecule has 1 unspecified atom stereocenters. The normalized spacial score (nSPS) is 17.8. The van der Waals surface area contributed by atoms with E-state index in [1.165, 1.54) is 12.1 Å². The van der Waals surface area contributed by atoms with Crippen molar-refractivity contribution in [2.24, 2.45) is 4.99 Å². The highest BCUT2D eigenvalue weighted by atomic mass is 19.1. The van der Waals surface area contributed by atoms with Gasteiger partial charge in [0.15, 0.2) is 5.96 Å². The summed E-state index contributed by atoms with van der Waals surface area (Å²) in [6.07, 6.45) is 3.28. The van der Waals surface area contributed by atoms with Crippen LogP contribution in [0.15, 0.2) is 46.0 Å². The van der Waals surface area contributed by atoms with Crippen molar-refractivity contribution in [3.63, 3.8) is 0 Å². The molecule has 0 amide bonds. The first-order chi connectivity index (χ1) is 12.2. The van der Waals surface area contributed by atoms with Gasteiger partial charge in [0.25, 0.3) is 0 Å². The van der Waals surface area contributed by atoms with Gasteiger partial charge in [-0.1, -0.05) is 0 Å². The standard InChI is InChI=1S/C18H22F2N4O/c1-21-18(22-8-6-15-3-2-10-25-15)23-14-7-9-24(12-14)17-5-4-13(19)11-16(17)20/h2-5,10-11,14H,6-9,12H2,1H3,(H2,21,22,23). The van der Waals surface area contributed by atoms with E-state index in [0.717, 1.165) is 24.7 Å². The molecule has 2 N–H and O–H groups in total. The fourth-order valence-corrected chi connectivity index (χ4v) is 2.98. The Morgan fingerprint density at radius 2 is 2.24 bits per heavy atom. The summed E-state index contributed by atoms with van der Waals surface area (Å²) >= 11 is 0. The van der Waals surface area contributed by atoms with Gasteiger partial charge in [-0.25, -0.2) is 8.78 Å². The Morgan fingerprint density at radius 3 is 2.96 bits per heavy atom. The number of nitrogens with zero attached hydrogens (tertiary/aromatic N) is 2. The van der Waals surface area contributed by atoms with Crippen molar-refractivity contribution in [3.05, 3.63) is 54.0 Å². The zero-order valence-electron chi connectivity index (χ0n) is 14.1. The van der Waals surface area contributed by atoms with E-state index in [0.29, 0.717) is 31.3 Å². The van der Waals surface area contributed by atoms with Crippen molar-refractivity contribution >= 4 is 11.6 Å². The van der Waals surface area contributed by atoms with Crippen LogP contribution in [0.25, 0.3) is 0 Å². The van der Waals surface area contributed by atoms with Gasteiger partial charge in [-0.05, 0) is 30.7 Å². The molecule has 134 valence electrons. The highest BCUT2D eigenvalue weighted by Gasteiger charge is 2.25. The summed E-state index contributed by atoms with van der Waals surface area (Å²) in [4.78, 5) is 6.14. The van der Waals surface area contributed by atoms with Gasteiger partial charge in [0.1, 0.15) is 17.4 Å². The number of halogens is 2. The number of benzene rings is 1. The second-order valence-electron chi connectivity index (χ2n) is 6.00. The quantitative estimate of drug-likeness (QED) is 0.644. The second kappa shape index (κ2) is 8.00. The molecule has 2 heterocycles. The van der Waals surface area contributed by atoms with E-state index in [2.05, 4.69) is 15.6 Å². The van der Waals surface area contributed by atoms with E-state index >= 15 is 0 Å². The monoisotopic (exact) mass is 348 g/mol. The Labute approximate surface area is 145 Å². The molecule has 1 aliphatic rings. The Bertz CT molecular complexity index is 718. The first kappa shape index (κ1) is 17.3. The lowest BCUT2D eigenvalue weighted by Crippen LogP contribution is -2.45. The molecule has 0 bridgehead atoms. The van der Waals surface area contributed by atoms with Crippen LogP contribution in [0.4, 0.5) is 14.5 Å². The fraction of sp³-hybridized carbons (Fsp3) is 0.389. The molecule has 1 aliphatic heterocycles. The van der Waals surface area contributed by atoms with Gasteiger partial charge in [0.05, 0.1) is 12.0 Å². The predicted molar refractivity (Wildman–Crippen MR) is 93.9 cm³/mol. The number of furan rings is 1. The fourth-order valence-electron chi connectivity index (χ4n) is 2.98. The molecule has 1 aromatic carbocycles. The molecule has 1 saturated heterocycles. The average molecular weight is 348 g/mol. The summed E-state index contributed by atoms with van der Waals surface area (Å²) in [7, 11) is 1.72. The first-order valence-electron chi connectivity index (χ1n) is 8.35. The molecule has 1 aromatic heterocycles. The van der Waals surface area contributed by atoms with Crippen LogP contribution in [0, 0.1) is 11.6 Å². The zero-order chi connectivity index (χ0) is 17.6. The third kappa shape index (κ3) is 4.49. The smallest absolute Gasteiger partial charge is 0.191 e. The van der Waals surface area contributed by atoms with Crippen LogP contribution in [-0.4, -0.2) is 38.7 Å². The summed E-state index contributed by atoms with van der Waals surface area (Å²) in [5.41, 5.74) is 0.437. The van der Waals surface area contributed by atoms with E-state index < -0.39 is 11.6 Å². The van der Waals surface area contributed by atoms with Crippen LogP contribution in [0.2, 0.25) is 0 Å². The maximum Gasteiger partial charge on any atom is 0.191 e. The van der Waals surface area contributed by atoms with Gasteiger partial charge in [-0.15, -0.1) is 0 Å². The zero-order valence-corrected chi connectivity index (χ0v) is 14.1. The van der Waals surface area contributed by atoms with Gasteiger partial charge in [-0.2, -0.15) is 0 Å². The number of aliphatic imine (C=N–C) groups is 1. The van der Waals surface area contributed by atoms with Gasteiger partial charge in [-0.3, -0.25) is 4.99 Å². The predicted octanol–water partition coefficient (Wildman–Crippen LogP) is 2.54. The molecule has 3 rings (SSSR count). The Balaban J connectivity index is 1.49. The molecule has 7 heteroatoms. The maximum atomic E-state index is 13.9. The molecule has 25 heavy (non-hydrogen) atoms. The van der Waals surface area contributed by atoms with Gasteiger partial charge in [0, 0.05) is 45.2 Å². The molecule has 0 spiro atoms. The van der Waals surface area contributed by atoms with Crippen molar-refractivity contribution in [1.29, 1.82) is 0 Å². The highest BCUT2D eigenvalue weighted by Crippen LogP contribution is 2.24. The van der Waals surface area contributed by atoms with Crippen molar-refractivity contribution in [2.75, 3.05) is 31.6 Å². The largest absolute Gasteiger partial charge is 0.469 e. The Kier molecular flexibility index (Phi) is 5.53. The summed E-state index contributed by atoms with van der Waals surface area (Å²) in [5, 5.41) is 6.59. The number of anilines is 1. The maximum absolute atomic E-state index is 13.9. The molecule has 1 fully saturated rings. The molecular formula is C18H22F2N4O. The van der Waals surface area contributed by atoms with E-state index in [9.17, 15) is 8.78 Å². The van der Waals surface area contributed by atoms with Crippen LogP contribution in [0.1, 0.15) is 12.2 Å². The van der Waals surface area contributed by atoms with Crippen LogP contribution < -0.4 is 15.5 Å². The topological polar surface area (TPSA) is 52.8 Å². The molecule has 1 atom stereocenters. The second-order valence-corrected chi connectivity index (χ2v) is 6.00. The molecule has 0 radical (unpaired) electrons. The first-order valence-corrected chi connectivity index (χ1v) is 8.35. The summed E-state index contributed by atoms with van der Waals surface area (Å²) < 4.78 is 32.3. The van der Waals surface area contributed by atoms with Crippen LogP contribution in [0.3, 0.4) is 0 Å². The third-order valence-electron chi connectivity index (χ3n) is 4.25. The lowest BCUT2D eigenvalue weighted by molar-refractivity contribution is 0.506. The van der Waals surface area contributed by atoms with Crippen molar-refractivity contribution in [3.8, 4) is 0 Å². The van der Waals surface area contributed by atoms with Gasteiger partial charge < -0.3 is 20.0 Å². The van der Waals surface area contributed by atoms with E-state index in [4.69, 9.17) is 4.42 Å². The highest BCUT2D eigenvalue weighted by molar-refractivity contribution is 5.80. The van der Waals surface area contributed by atoms with Crippen molar-refractivity contribution in [2.45, 2.75) is 18.9 Å². The van der Waals surface area contributed by atoms with Crippen LogP contribution in [-0.2, 0) is 6.42 Å². The molecule has 5 nitrogen and oxygen atoms in total. The molecular weight excluding hydrogens is 326 g/mol. The Hall–Kier alpha value is -2.57. The van der Waals surface area contributed by atoms with Crippen LogP contribution in [0.5, 0.6) is 0 Å². The minimum absolute atomic E-state index is 0.152. The minimum atomic E-state index is -0.559. The lowest BCUT2D eigenvalue weighted by atomic mass is 10.2. The molecule has 2 aromatic rings. The summed E-state index contributed by atoms with van der Waals surface area (Å²) in [6, 6.07) is 7.65. The average Bonchev–Trinajstić information content (AvgIpc) is 3.26. The van der Waals surface area contributed by atoms with E-state index in [1.54, 1.807) is 13.3 Å². The summed E-state index contributed by atoms with van der Waals surface area (Å²) in [6.45, 7) is 2.06. The Morgan fingerprint density at radius 1 is 1.36 bits per heavy atom. The van der Waals surface area contributed by atoms with Crippen LogP contribution >= 0.6 is 0 Å². The number of nitrogens with one attached hydrogen (secondary N) is 2. The number of hydrogen-bond donors (Lipinski definition) is 2. The van der Waals surface area contributed by atoms with Crippen molar-refractivity contribution < 1.29 is 13.2 Å². The lowest BCUT2D eigenvalue weighted by Gasteiger charge is -2.21. The number of rotatable bonds is 5. The van der Waals surface area contributed by atoms with E-state index in [1.807, 2.05) is 17.0 Å². The van der Waals surface area contributed by atoms with Crippen molar-refractivity contribution in [1.82, 2.24) is 10.6 Å².